The van der Waals surface area contributed by atoms with Crippen LogP contribution in [0, 0.1) is 10.1 Å². The molecule has 0 aromatic heterocycles. The average Bonchev–Trinajstić information content (AvgIpc) is 2.91. The summed E-state index contributed by atoms with van der Waals surface area (Å²) in [5.74, 6) is 1.05. The lowest BCUT2D eigenvalue weighted by Crippen LogP contribution is -2.41. The first-order chi connectivity index (χ1) is 19.3. The Balaban J connectivity index is 0.00000226. The van der Waals surface area contributed by atoms with Crippen LogP contribution in [0.15, 0.2) is 60.7 Å². The average molecular weight is 561 g/mol. The molecule has 0 atom stereocenters. The quantitative estimate of drug-likeness (QED) is 0.161. The Labute approximate surface area is 242 Å². The maximum atomic E-state index is 13.2. The molecule has 1 aliphatic heterocycles. The summed E-state index contributed by atoms with van der Waals surface area (Å²) in [5, 5.41) is 11.6. The van der Waals surface area contributed by atoms with Crippen LogP contribution >= 0.6 is 0 Å². The van der Waals surface area contributed by atoms with Gasteiger partial charge in [-0.05, 0) is 74.6 Å². The van der Waals surface area contributed by atoms with E-state index in [4.69, 9.17) is 9.47 Å². The van der Waals surface area contributed by atoms with Crippen molar-refractivity contribution in [2.75, 3.05) is 7.05 Å². The minimum Gasteiger partial charge on any atom is -0.489 e. The van der Waals surface area contributed by atoms with Gasteiger partial charge in [0.25, 0.3) is 11.6 Å². The van der Waals surface area contributed by atoms with Crippen molar-refractivity contribution >= 4 is 17.4 Å². The number of carbonyl (C=O) groups excluding carboxylic acids is 2. The highest BCUT2D eigenvalue weighted by atomic mass is 16.6. The van der Waals surface area contributed by atoms with Crippen molar-refractivity contribution < 1.29 is 24.0 Å². The number of fused-ring (bicyclic) bond motifs is 1. The highest BCUT2D eigenvalue weighted by Gasteiger charge is 2.39. The van der Waals surface area contributed by atoms with E-state index in [-0.39, 0.29) is 47.1 Å². The van der Waals surface area contributed by atoms with Crippen LogP contribution < -0.4 is 9.47 Å². The van der Waals surface area contributed by atoms with Crippen LogP contribution in [-0.2, 0) is 18.6 Å². The fourth-order valence-corrected chi connectivity index (χ4v) is 5.31. The molecule has 0 N–H and O–H groups in total. The van der Waals surface area contributed by atoms with E-state index in [1.54, 1.807) is 25.2 Å². The van der Waals surface area contributed by atoms with E-state index in [9.17, 15) is 19.7 Å². The van der Waals surface area contributed by atoms with Crippen LogP contribution in [-0.4, -0.2) is 34.2 Å². The van der Waals surface area contributed by atoms with Gasteiger partial charge in [-0.3, -0.25) is 19.7 Å². The molecule has 4 rings (SSSR count). The number of nitro groups is 1. The molecule has 0 spiro atoms. The first-order valence-electron chi connectivity index (χ1n) is 13.8. The van der Waals surface area contributed by atoms with Gasteiger partial charge in [0.1, 0.15) is 23.7 Å². The minimum absolute atomic E-state index is 0.0256. The van der Waals surface area contributed by atoms with Gasteiger partial charge in [0, 0.05) is 35.4 Å². The smallest absolute Gasteiger partial charge is 0.275 e. The van der Waals surface area contributed by atoms with Gasteiger partial charge in [-0.25, -0.2) is 0 Å². The van der Waals surface area contributed by atoms with Crippen LogP contribution in [0.4, 0.5) is 5.69 Å². The SMILES string of the molecule is CC.CC(=O)c1ccc(CN(C)C(=O)c2cccc(COc3ccc4c(c3)C(C)(C)CC(C)(C)O4)c2)c([N+](=O)[O-])c1. The summed E-state index contributed by atoms with van der Waals surface area (Å²) in [6.07, 6.45) is 0.887. The van der Waals surface area contributed by atoms with Gasteiger partial charge >= 0.3 is 0 Å². The van der Waals surface area contributed by atoms with E-state index in [1.165, 1.54) is 30.0 Å². The Morgan fingerprint density at radius 3 is 2.37 bits per heavy atom. The van der Waals surface area contributed by atoms with Crippen LogP contribution in [0.25, 0.3) is 0 Å². The van der Waals surface area contributed by atoms with Crippen LogP contribution in [0.5, 0.6) is 11.5 Å². The molecule has 1 aliphatic rings. The zero-order valence-electron chi connectivity index (χ0n) is 25.2. The molecular formula is C33H40N2O6. The molecule has 0 saturated heterocycles. The number of rotatable bonds is 8. The number of ketones is 1. The normalized spacial score (nSPS) is 14.4. The lowest BCUT2D eigenvalue weighted by Gasteiger charge is -2.42. The number of amides is 1. The lowest BCUT2D eigenvalue weighted by atomic mass is 9.74. The fourth-order valence-electron chi connectivity index (χ4n) is 5.31. The van der Waals surface area contributed by atoms with E-state index < -0.39 is 4.92 Å². The molecule has 8 nitrogen and oxygen atoms in total. The van der Waals surface area contributed by atoms with Crippen molar-refractivity contribution in [3.05, 3.63) is 98.6 Å². The molecule has 0 aliphatic carbocycles. The molecule has 0 radical (unpaired) electrons. The van der Waals surface area contributed by atoms with Gasteiger partial charge in [-0.15, -0.1) is 0 Å². The summed E-state index contributed by atoms with van der Waals surface area (Å²) in [5.41, 5.74) is 2.50. The Morgan fingerprint density at radius 2 is 1.71 bits per heavy atom. The molecule has 218 valence electrons. The van der Waals surface area contributed by atoms with Crippen LogP contribution in [0.3, 0.4) is 0 Å². The number of Topliss-reactive ketones (excluding diaryl/α,β-unsaturated/α-hetero) is 1. The third-order valence-corrected chi connectivity index (χ3v) is 6.96. The molecule has 1 heterocycles. The predicted octanol–water partition coefficient (Wildman–Crippen LogP) is 7.51. The first kappa shape index (κ1) is 31.3. The molecule has 3 aromatic rings. The third kappa shape index (κ3) is 7.51. The topological polar surface area (TPSA) is 99.0 Å². The van der Waals surface area contributed by atoms with Crippen molar-refractivity contribution in [2.24, 2.45) is 0 Å². The molecule has 0 unspecified atom stereocenters. The van der Waals surface area contributed by atoms with Crippen molar-refractivity contribution in [2.45, 2.75) is 79.1 Å². The summed E-state index contributed by atoms with van der Waals surface area (Å²) >= 11 is 0. The number of benzene rings is 3. The number of ether oxygens (including phenoxy) is 2. The standard InChI is InChI=1S/C31H34N2O6.C2H6/c1-20(34)22-10-11-24(27(15-22)33(36)37)17-32(6)29(35)23-9-7-8-21(14-23)18-38-25-12-13-28-26(16-25)30(2,3)19-31(4,5)39-28;1-2/h7-16H,17-19H2,1-6H3;1-2H3. The minimum atomic E-state index is -0.535. The molecule has 0 saturated carbocycles. The van der Waals surface area contributed by atoms with Gasteiger partial charge in [-0.2, -0.15) is 0 Å². The van der Waals surface area contributed by atoms with Crippen molar-refractivity contribution in [3.8, 4) is 11.5 Å². The van der Waals surface area contributed by atoms with E-state index in [2.05, 4.69) is 27.7 Å². The van der Waals surface area contributed by atoms with Gasteiger partial charge in [0.15, 0.2) is 5.78 Å². The summed E-state index contributed by atoms with van der Waals surface area (Å²) < 4.78 is 12.3. The maximum absolute atomic E-state index is 13.2. The molecule has 0 fully saturated rings. The second kappa shape index (κ2) is 12.5. The van der Waals surface area contributed by atoms with Crippen molar-refractivity contribution in [1.29, 1.82) is 0 Å². The number of carbonyl (C=O) groups is 2. The molecule has 3 aromatic carbocycles. The number of hydrogen-bond donors (Lipinski definition) is 0. The third-order valence-electron chi connectivity index (χ3n) is 6.96. The summed E-state index contributed by atoms with van der Waals surface area (Å²) in [6, 6.07) is 17.3. The van der Waals surface area contributed by atoms with Crippen molar-refractivity contribution in [3.63, 3.8) is 0 Å². The zero-order valence-corrected chi connectivity index (χ0v) is 25.2. The summed E-state index contributed by atoms with van der Waals surface area (Å²) in [6.45, 7) is 14.3. The summed E-state index contributed by atoms with van der Waals surface area (Å²) in [4.78, 5) is 37.2. The Morgan fingerprint density at radius 1 is 1.00 bits per heavy atom. The number of nitro benzene ring substituents is 1. The summed E-state index contributed by atoms with van der Waals surface area (Å²) in [7, 11) is 1.59. The molecular weight excluding hydrogens is 520 g/mol. The Bertz CT molecular complexity index is 1440. The van der Waals surface area contributed by atoms with Gasteiger partial charge in [-0.1, -0.05) is 45.9 Å². The van der Waals surface area contributed by atoms with E-state index in [0.29, 0.717) is 11.1 Å². The van der Waals surface area contributed by atoms with E-state index >= 15 is 0 Å². The fraction of sp³-hybridized carbons (Fsp3) is 0.394. The number of hydrogen-bond acceptors (Lipinski definition) is 6. The van der Waals surface area contributed by atoms with E-state index in [1.807, 2.05) is 38.1 Å². The van der Waals surface area contributed by atoms with E-state index in [0.717, 1.165) is 29.0 Å². The molecule has 8 heteroatoms. The zero-order chi connectivity index (χ0) is 30.5. The second-order valence-electron chi connectivity index (χ2n) is 11.4. The van der Waals surface area contributed by atoms with Crippen LogP contribution in [0.1, 0.15) is 92.3 Å². The molecule has 0 bridgehead atoms. The highest BCUT2D eigenvalue weighted by molar-refractivity contribution is 5.95. The Kier molecular flexibility index (Phi) is 9.58. The molecule has 41 heavy (non-hydrogen) atoms. The monoisotopic (exact) mass is 560 g/mol. The van der Waals surface area contributed by atoms with Crippen LogP contribution in [0.2, 0.25) is 0 Å². The Hall–Kier alpha value is -4.20. The van der Waals surface area contributed by atoms with Crippen molar-refractivity contribution in [1.82, 2.24) is 4.90 Å². The largest absolute Gasteiger partial charge is 0.489 e. The first-order valence-corrected chi connectivity index (χ1v) is 13.8. The maximum Gasteiger partial charge on any atom is 0.275 e. The highest BCUT2D eigenvalue weighted by Crippen LogP contribution is 2.45. The van der Waals surface area contributed by atoms with Gasteiger partial charge < -0.3 is 14.4 Å². The van der Waals surface area contributed by atoms with Gasteiger partial charge in [0.2, 0.25) is 0 Å². The number of nitrogens with zero attached hydrogens (tertiary/aromatic N) is 2. The predicted molar refractivity (Wildman–Crippen MR) is 160 cm³/mol. The van der Waals surface area contributed by atoms with Gasteiger partial charge in [0.05, 0.1) is 11.5 Å². The second-order valence-corrected chi connectivity index (χ2v) is 11.4. The lowest BCUT2D eigenvalue weighted by molar-refractivity contribution is -0.385. The molecule has 1 amide bonds.